The molecule has 2 aromatic carbocycles. The van der Waals surface area contributed by atoms with Gasteiger partial charge in [0, 0.05) is 5.56 Å². The molecular weight excluding hydrogens is 418 g/mol. The number of hydrazine groups is 1. The molecule has 0 fully saturated rings. The number of ether oxygens (including phenoxy) is 1. The minimum absolute atomic E-state index is 0.0496. The molecule has 2 aromatic rings. The minimum Gasteiger partial charge on any atom is -0.468 e. The molecule has 154 valence electrons. The van der Waals surface area contributed by atoms with Crippen molar-refractivity contribution in [3.05, 3.63) is 58.6 Å². The molecule has 1 aliphatic heterocycles. The van der Waals surface area contributed by atoms with Crippen LogP contribution in [0.2, 0.25) is 5.02 Å². The van der Waals surface area contributed by atoms with Crippen molar-refractivity contribution in [3.63, 3.8) is 0 Å². The van der Waals surface area contributed by atoms with E-state index in [0.717, 1.165) is 24.8 Å². The molecule has 0 saturated heterocycles. The first kappa shape index (κ1) is 21.1. The lowest BCUT2D eigenvalue weighted by Gasteiger charge is -2.25. The lowest BCUT2D eigenvalue weighted by molar-refractivity contribution is -0.139. The van der Waals surface area contributed by atoms with Crippen molar-refractivity contribution < 1.29 is 22.7 Å². The highest BCUT2D eigenvalue weighted by molar-refractivity contribution is 7.89. The van der Waals surface area contributed by atoms with Crippen LogP contribution in [-0.2, 0) is 26.0 Å². The largest absolute Gasteiger partial charge is 0.468 e. The molecule has 0 bridgehead atoms. The van der Waals surface area contributed by atoms with Crippen LogP contribution in [-0.4, -0.2) is 40.0 Å². The Morgan fingerprint density at radius 1 is 1.24 bits per heavy atom. The molecular formula is C19H20ClN3O5S. The number of methoxy groups -OCH3 is 1. The molecule has 0 saturated carbocycles. The number of fused-ring (bicyclic) bond motifs is 1. The first-order valence-corrected chi connectivity index (χ1v) is 10.6. The van der Waals surface area contributed by atoms with E-state index in [1.165, 1.54) is 18.2 Å². The summed E-state index contributed by atoms with van der Waals surface area (Å²) in [6.07, 6.45) is 0.786. The maximum atomic E-state index is 12.8. The minimum atomic E-state index is -4.12. The average molecular weight is 438 g/mol. The van der Waals surface area contributed by atoms with Gasteiger partial charge < -0.3 is 4.74 Å². The molecule has 2 N–H and O–H groups in total. The van der Waals surface area contributed by atoms with Gasteiger partial charge in [0.2, 0.25) is 10.0 Å². The number of hydrogen-bond acceptors (Lipinski definition) is 6. The van der Waals surface area contributed by atoms with Gasteiger partial charge in [-0.05, 0) is 43.2 Å². The van der Waals surface area contributed by atoms with E-state index >= 15 is 0 Å². The van der Waals surface area contributed by atoms with Crippen LogP contribution in [0.1, 0.15) is 22.8 Å². The Hall–Kier alpha value is -2.62. The molecule has 8 nitrogen and oxygen atoms in total. The van der Waals surface area contributed by atoms with Crippen LogP contribution < -0.4 is 15.2 Å². The lowest BCUT2D eigenvalue weighted by Crippen LogP contribution is -2.45. The van der Waals surface area contributed by atoms with Gasteiger partial charge in [0.15, 0.2) is 0 Å². The summed E-state index contributed by atoms with van der Waals surface area (Å²) in [5.41, 5.74) is 4.95. The van der Waals surface area contributed by atoms with Crippen molar-refractivity contribution in [1.29, 1.82) is 0 Å². The van der Waals surface area contributed by atoms with Crippen LogP contribution >= 0.6 is 11.6 Å². The Bertz CT molecular complexity index is 1060. The maximum absolute atomic E-state index is 12.8. The highest BCUT2D eigenvalue weighted by atomic mass is 35.5. The summed E-state index contributed by atoms with van der Waals surface area (Å²) < 4.78 is 31.4. The highest BCUT2D eigenvalue weighted by Gasteiger charge is 2.28. The van der Waals surface area contributed by atoms with Gasteiger partial charge in [-0.3, -0.25) is 20.0 Å². The fraction of sp³-hybridized carbons (Fsp3) is 0.263. The van der Waals surface area contributed by atoms with Gasteiger partial charge in [0.25, 0.3) is 5.91 Å². The van der Waals surface area contributed by atoms with Crippen molar-refractivity contribution in [2.75, 3.05) is 18.7 Å². The number of carbonyl (C=O) groups is 2. The Morgan fingerprint density at radius 3 is 2.69 bits per heavy atom. The summed E-state index contributed by atoms with van der Waals surface area (Å²) in [6, 6.07) is 11.7. The molecule has 10 heteroatoms. The number of nitrogens with zero attached hydrogens (tertiary/aromatic N) is 1. The van der Waals surface area contributed by atoms with Crippen molar-refractivity contribution in [2.45, 2.75) is 24.3 Å². The smallest absolute Gasteiger partial charge is 0.320 e. The molecule has 0 radical (unpaired) electrons. The van der Waals surface area contributed by atoms with Gasteiger partial charge in [0.1, 0.15) is 11.4 Å². The van der Waals surface area contributed by atoms with E-state index in [-0.39, 0.29) is 21.5 Å². The Labute approximate surface area is 173 Å². The first-order valence-electron chi connectivity index (χ1n) is 8.77. The zero-order chi connectivity index (χ0) is 21.2. The SMILES string of the molecule is COC(=O)CNS(=O)(=O)c1cc(C(=O)NN2c3ccccc3CC2C)ccc1Cl. The number of benzene rings is 2. The zero-order valence-electron chi connectivity index (χ0n) is 15.8. The van der Waals surface area contributed by atoms with Gasteiger partial charge in [0.05, 0.1) is 23.9 Å². The Morgan fingerprint density at radius 2 is 1.97 bits per heavy atom. The summed E-state index contributed by atoms with van der Waals surface area (Å²) in [5.74, 6) is -1.23. The number of para-hydroxylation sites is 1. The summed E-state index contributed by atoms with van der Waals surface area (Å²) in [6.45, 7) is 1.43. The lowest BCUT2D eigenvalue weighted by atomic mass is 10.1. The second-order valence-corrected chi connectivity index (χ2v) is 8.68. The van der Waals surface area contributed by atoms with Crippen LogP contribution in [0.15, 0.2) is 47.4 Å². The number of nitrogens with one attached hydrogen (secondary N) is 2. The van der Waals surface area contributed by atoms with Crippen LogP contribution in [0, 0.1) is 0 Å². The van der Waals surface area contributed by atoms with Crippen molar-refractivity contribution in [2.24, 2.45) is 0 Å². The second kappa shape index (κ2) is 8.40. The standard InChI is InChI=1S/C19H20ClN3O5S/c1-12-9-13-5-3-4-6-16(13)23(12)22-19(25)14-7-8-15(20)17(10-14)29(26,27)21-11-18(24)28-2/h3-8,10,12,21H,9,11H2,1-2H3,(H,22,25). The number of esters is 1. The van der Waals surface area contributed by atoms with Crippen molar-refractivity contribution in [3.8, 4) is 0 Å². The van der Waals surface area contributed by atoms with Gasteiger partial charge in [-0.15, -0.1) is 0 Å². The van der Waals surface area contributed by atoms with E-state index in [1.54, 1.807) is 5.01 Å². The number of amides is 1. The number of halogens is 1. The number of hydrogen-bond donors (Lipinski definition) is 2. The first-order chi connectivity index (χ1) is 13.7. The van der Waals surface area contributed by atoms with E-state index in [0.29, 0.717) is 0 Å². The number of carbonyl (C=O) groups excluding carboxylic acids is 2. The number of sulfonamides is 1. The average Bonchev–Trinajstić information content (AvgIpc) is 3.01. The van der Waals surface area contributed by atoms with Crippen LogP contribution in [0.3, 0.4) is 0 Å². The topological polar surface area (TPSA) is 105 Å². The molecule has 1 unspecified atom stereocenters. The Kier molecular flexibility index (Phi) is 6.11. The Balaban J connectivity index is 1.82. The van der Waals surface area contributed by atoms with Gasteiger partial charge in [-0.1, -0.05) is 29.8 Å². The second-order valence-electron chi connectivity index (χ2n) is 6.54. The van der Waals surface area contributed by atoms with E-state index in [9.17, 15) is 18.0 Å². The van der Waals surface area contributed by atoms with E-state index in [4.69, 9.17) is 11.6 Å². The van der Waals surface area contributed by atoms with E-state index in [1.807, 2.05) is 31.2 Å². The quantitative estimate of drug-likeness (QED) is 0.668. The summed E-state index contributed by atoms with van der Waals surface area (Å²) in [5, 5.41) is 1.69. The molecule has 29 heavy (non-hydrogen) atoms. The number of anilines is 1. The van der Waals surface area contributed by atoms with Crippen LogP contribution in [0.5, 0.6) is 0 Å². The molecule has 3 rings (SSSR count). The zero-order valence-corrected chi connectivity index (χ0v) is 17.4. The highest BCUT2D eigenvalue weighted by Crippen LogP contribution is 2.30. The molecule has 1 amide bonds. The third-order valence-electron chi connectivity index (χ3n) is 4.55. The fourth-order valence-corrected chi connectivity index (χ4v) is 4.56. The summed E-state index contributed by atoms with van der Waals surface area (Å²) in [7, 11) is -2.97. The molecule has 1 heterocycles. The third kappa shape index (κ3) is 4.52. The predicted octanol–water partition coefficient (Wildman–Crippen LogP) is 1.89. The molecule has 0 aromatic heterocycles. The summed E-state index contributed by atoms with van der Waals surface area (Å²) in [4.78, 5) is 23.7. The van der Waals surface area contributed by atoms with Crippen molar-refractivity contribution >= 4 is 39.2 Å². The number of rotatable bonds is 6. The summed E-state index contributed by atoms with van der Waals surface area (Å²) >= 11 is 6.02. The van der Waals surface area contributed by atoms with Gasteiger partial charge in [-0.2, -0.15) is 4.72 Å². The molecule has 1 atom stereocenters. The van der Waals surface area contributed by atoms with E-state index < -0.39 is 28.4 Å². The monoisotopic (exact) mass is 437 g/mol. The molecule has 1 aliphatic rings. The van der Waals surface area contributed by atoms with Crippen LogP contribution in [0.25, 0.3) is 0 Å². The van der Waals surface area contributed by atoms with Crippen LogP contribution in [0.4, 0.5) is 5.69 Å². The third-order valence-corrected chi connectivity index (χ3v) is 6.43. The fourth-order valence-electron chi connectivity index (χ4n) is 3.06. The normalized spacial score (nSPS) is 15.7. The van der Waals surface area contributed by atoms with Gasteiger partial charge in [-0.25, -0.2) is 8.42 Å². The predicted molar refractivity (Wildman–Crippen MR) is 108 cm³/mol. The molecule has 0 spiro atoms. The van der Waals surface area contributed by atoms with Gasteiger partial charge >= 0.3 is 5.97 Å². The van der Waals surface area contributed by atoms with E-state index in [2.05, 4.69) is 14.9 Å². The molecule has 0 aliphatic carbocycles. The van der Waals surface area contributed by atoms with Crippen molar-refractivity contribution in [1.82, 2.24) is 10.1 Å². The maximum Gasteiger partial charge on any atom is 0.320 e.